The maximum atomic E-state index is 12.4. The van der Waals surface area contributed by atoms with Gasteiger partial charge in [-0.15, -0.1) is 11.3 Å². The van der Waals surface area contributed by atoms with Gasteiger partial charge in [0.05, 0.1) is 18.0 Å². The fourth-order valence-corrected chi connectivity index (χ4v) is 3.11. The third kappa shape index (κ3) is 4.62. The minimum absolute atomic E-state index is 0.0168. The summed E-state index contributed by atoms with van der Waals surface area (Å²) < 4.78 is 0. The molecule has 1 amide bonds. The average molecular weight is 347 g/mol. The molecule has 128 valence electrons. The minimum atomic E-state index is -0.407. The van der Waals surface area contributed by atoms with Gasteiger partial charge in [0.1, 0.15) is 0 Å². The zero-order chi connectivity index (χ0) is 17.7. The summed E-state index contributed by atoms with van der Waals surface area (Å²) in [5.74, 6) is 0.0168. The molecule has 0 spiro atoms. The second-order valence-electron chi connectivity index (χ2n) is 5.77. The van der Waals surface area contributed by atoms with Gasteiger partial charge < -0.3 is 4.90 Å². The highest BCUT2D eigenvalue weighted by atomic mass is 32.1. The number of benzene rings is 1. The van der Waals surface area contributed by atoms with Gasteiger partial charge in [-0.1, -0.05) is 18.2 Å². The Hall–Kier alpha value is -2.25. The number of thiophene rings is 1. The van der Waals surface area contributed by atoms with Gasteiger partial charge in [0.2, 0.25) is 5.91 Å². The van der Waals surface area contributed by atoms with Crippen LogP contribution in [0.4, 0.5) is 5.69 Å². The second kappa shape index (κ2) is 8.03. The van der Waals surface area contributed by atoms with E-state index in [1.54, 1.807) is 35.4 Å². The number of nitro groups is 1. The maximum absolute atomic E-state index is 12.4. The predicted molar refractivity (Wildman–Crippen MR) is 94.9 cm³/mol. The molecule has 2 aromatic rings. The van der Waals surface area contributed by atoms with E-state index < -0.39 is 4.92 Å². The molecule has 0 fully saturated rings. The van der Waals surface area contributed by atoms with Gasteiger partial charge in [0, 0.05) is 30.1 Å². The summed E-state index contributed by atoms with van der Waals surface area (Å²) in [5.41, 5.74) is 0.884. The lowest BCUT2D eigenvalue weighted by molar-refractivity contribution is -0.384. The van der Waals surface area contributed by atoms with Crippen LogP contribution in [0, 0.1) is 10.1 Å². The maximum Gasteiger partial charge on any atom is 0.269 e. The second-order valence-corrected chi connectivity index (χ2v) is 6.80. The number of hydrogen-bond donors (Lipinski definition) is 0. The summed E-state index contributed by atoms with van der Waals surface area (Å²) in [5, 5.41) is 12.9. The van der Waals surface area contributed by atoms with Crippen molar-refractivity contribution in [2.24, 2.45) is 0 Å². The minimum Gasteiger partial charge on any atom is -0.340 e. The molecule has 2 rings (SSSR count). The SMILES string of the molecule is C[C@H](c1cccc([N+](=O)[O-])c1)N(C)CC(=O)N(C)Cc1cccs1. The van der Waals surface area contributed by atoms with Crippen LogP contribution in [0.3, 0.4) is 0 Å². The molecule has 1 heterocycles. The molecular weight excluding hydrogens is 326 g/mol. The van der Waals surface area contributed by atoms with Crippen molar-refractivity contribution in [3.8, 4) is 0 Å². The Morgan fingerprint density at radius 3 is 2.67 bits per heavy atom. The summed E-state index contributed by atoms with van der Waals surface area (Å²) in [7, 11) is 3.63. The zero-order valence-electron chi connectivity index (χ0n) is 14.0. The number of amides is 1. The van der Waals surface area contributed by atoms with Crippen molar-refractivity contribution in [3.63, 3.8) is 0 Å². The van der Waals surface area contributed by atoms with Crippen LogP contribution in [0.15, 0.2) is 41.8 Å². The summed E-state index contributed by atoms with van der Waals surface area (Å²) >= 11 is 1.62. The Labute approximate surface area is 145 Å². The summed E-state index contributed by atoms with van der Waals surface area (Å²) in [6, 6.07) is 10.4. The summed E-state index contributed by atoms with van der Waals surface area (Å²) in [6.45, 7) is 2.78. The molecule has 1 aromatic heterocycles. The molecular formula is C17H21N3O3S. The first-order valence-corrected chi connectivity index (χ1v) is 8.47. The highest BCUT2D eigenvalue weighted by Crippen LogP contribution is 2.23. The van der Waals surface area contributed by atoms with Gasteiger partial charge in [-0.05, 0) is 31.0 Å². The number of hydrogen-bond acceptors (Lipinski definition) is 5. The smallest absolute Gasteiger partial charge is 0.269 e. The molecule has 1 atom stereocenters. The highest BCUT2D eigenvalue weighted by molar-refractivity contribution is 7.09. The van der Waals surface area contributed by atoms with Crippen molar-refractivity contribution in [1.82, 2.24) is 9.80 Å². The Morgan fingerprint density at radius 1 is 1.29 bits per heavy atom. The number of carbonyl (C=O) groups excluding carboxylic acids is 1. The fraction of sp³-hybridized carbons (Fsp3) is 0.353. The van der Waals surface area contributed by atoms with E-state index in [-0.39, 0.29) is 24.2 Å². The Morgan fingerprint density at radius 2 is 2.04 bits per heavy atom. The molecule has 7 heteroatoms. The van der Waals surface area contributed by atoms with Crippen molar-refractivity contribution in [2.75, 3.05) is 20.6 Å². The molecule has 0 unspecified atom stereocenters. The van der Waals surface area contributed by atoms with E-state index in [0.29, 0.717) is 6.54 Å². The Bertz CT molecular complexity index is 703. The van der Waals surface area contributed by atoms with E-state index in [9.17, 15) is 14.9 Å². The van der Waals surface area contributed by atoms with Crippen LogP contribution in [0.2, 0.25) is 0 Å². The van der Waals surface area contributed by atoms with Crippen LogP contribution in [-0.2, 0) is 11.3 Å². The van der Waals surface area contributed by atoms with Crippen LogP contribution >= 0.6 is 11.3 Å². The zero-order valence-corrected chi connectivity index (χ0v) is 14.8. The van der Waals surface area contributed by atoms with Crippen LogP contribution in [-0.4, -0.2) is 41.3 Å². The van der Waals surface area contributed by atoms with E-state index in [1.807, 2.05) is 42.5 Å². The van der Waals surface area contributed by atoms with Gasteiger partial charge in [0.15, 0.2) is 0 Å². The first-order chi connectivity index (χ1) is 11.4. The lowest BCUT2D eigenvalue weighted by Gasteiger charge is -2.26. The first-order valence-electron chi connectivity index (χ1n) is 7.59. The fourth-order valence-electron chi connectivity index (χ4n) is 2.35. The molecule has 0 saturated carbocycles. The van der Waals surface area contributed by atoms with Gasteiger partial charge in [0.25, 0.3) is 5.69 Å². The largest absolute Gasteiger partial charge is 0.340 e. The first kappa shape index (κ1) is 18.1. The molecule has 1 aromatic carbocycles. The van der Waals surface area contributed by atoms with Gasteiger partial charge >= 0.3 is 0 Å². The topological polar surface area (TPSA) is 66.7 Å². The molecule has 0 bridgehead atoms. The number of rotatable bonds is 7. The molecule has 0 aliphatic heterocycles. The van der Waals surface area contributed by atoms with Crippen LogP contribution in [0.5, 0.6) is 0 Å². The number of non-ortho nitro benzene ring substituents is 1. The van der Waals surface area contributed by atoms with E-state index in [2.05, 4.69) is 0 Å². The van der Waals surface area contributed by atoms with Crippen LogP contribution in [0.25, 0.3) is 0 Å². The molecule has 0 N–H and O–H groups in total. The number of likely N-dealkylation sites (N-methyl/N-ethyl adjacent to an activating group) is 2. The predicted octanol–water partition coefficient (Wildman–Crippen LogP) is 3.31. The van der Waals surface area contributed by atoms with Gasteiger partial charge in [-0.3, -0.25) is 19.8 Å². The Balaban J connectivity index is 1.97. The van der Waals surface area contributed by atoms with Crippen molar-refractivity contribution in [3.05, 3.63) is 62.3 Å². The molecule has 24 heavy (non-hydrogen) atoms. The molecule has 0 aliphatic rings. The lowest BCUT2D eigenvalue weighted by Crippen LogP contribution is -2.37. The molecule has 0 aliphatic carbocycles. The molecule has 0 radical (unpaired) electrons. The van der Waals surface area contributed by atoms with Crippen molar-refractivity contribution in [1.29, 1.82) is 0 Å². The highest BCUT2D eigenvalue weighted by Gasteiger charge is 2.19. The van der Waals surface area contributed by atoms with Crippen molar-refractivity contribution in [2.45, 2.75) is 19.5 Å². The van der Waals surface area contributed by atoms with Gasteiger partial charge in [-0.25, -0.2) is 0 Å². The van der Waals surface area contributed by atoms with Gasteiger partial charge in [-0.2, -0.15) is 0 Å². The van der Waals surface area contributed by atoms with E-state index in [0.717, 1.165) is 10.4 Å². The Kier molecular flexibility index (Phi) is 6.05. The number of nitro benzene ring substituents is 1. The quantitative estimate of drug-likeness (QED) is 0.569. The van der Waals surface area contributed by atoms with Crippen molar-refractivity contribution < 1.29 is 9.72 Å². The third-order valence-corrected chi connectivity index (χ3v) is 4.87. The monoisotopic (exact) mass is 347 g/mol. The molecule has 6 nitrogen and oxygen atoms in total. The van der Waals surface area contributed by atoms with Crippen LogP contribution < -0.4 is 0 Å². The summed E-state index contributed by atoms with van der Waals surface area (Å²) in [6.07, 6.45) is 0. The normalized spacial score (nSPS) is 12.2. The average Bonchev–Trinajstić information content (AvgIpc) is 3.07. The van der Waals surface area contributed by atoms with Crippen molar-refractivity contribution >= 4 is 22.9 Å². The summed E-state index contributed by atoms with van der Waals surface area (Å²) in [4.78, 5) is 27.6. The number of nitrogens with zero attached hydrogens (tertiary/aromatic N) is 3. The lowest BCUT2D eigenvalue weighted by atomic mass is 10.1. The number of carbonyl (C=O) groups is 1. The standard InChI is InChI=1S/C17H21N3O3S/c1-13(14-6-4-7-15(10-14)20(22)23)18(2)12-17(21)19(3)11-16-8-5-9-24-16/h4-10,13H,11-12H2,1-3H3/t13-/m1/s1. The van der Waals surface area contributed by atoms with E-state index >= 15 is 0 Å². The molecule has 0 saturated heterocycles. The van der Waals surface area contributed by atoms with E-state index in [4.69, 9.17) is 0 Å². The van der Waals surface area contributed by atoms with Crippen LogP contribution in [0.1, 0.15) is 23.4 Å². The van der Waals surface area contributed by atoms with E-state index in [1.165, 1.54) is 6.07 Å². The third-order valence-electron chi connectivity index (χ3n) is 4.01.